The van der Waals surface area contributed by atoms with Crippen LogP contribution in [0.2, 0.25) is 0 Å². The van der Waals surface area contributed by atoms with Crippen molar-refractivity contribution in [1.82, 2.24) is 4.90 Å². The lowest BCUT2D eigenvalue weighted by molar-refractivity contribution is -0.140. The molecule has 0 spiro atoms. The zero-order valence-electron chi connectivity index (χ0n) is 14.2. The third kappa shape index (κ3) is 2.30. The number of benzene rings is 2. The molecule has 128 valence electrons. The summed E-state index contributed by atoms with van der Waals surface area (Å²) in [5, 5.41) is 0. The van der Waals surface area contributed by atoms with Crippen molar-refractivity contribution in [2.75, 3.05) is 14.2 Å². The van der Waals surface area contributed by atoms with Crippen LogP contribution in [0.4, 0.5) is 0 Å². The normalized spacial score (nSPS) is 21.3. The number of amides is 2. The molecule has 2 atom stereocenters. The number of hydrogen-bond acceptors (Lipinski definition) is 4. The highest BCUT2D eigenvalue weighted by atomic mass is 16.5. The number of carbonyl (C=O) groups is 2. The predicted molar refractivity (Wildman–Crippen MR) is 91.5 cm³/mol. The van der Waals surface area contributed by atoms with Crippen molar-refractivity contribution in [1.29, 1.82) is 0 Å². The zero-order chi connectivity index (χ0) is 17.6. The first-order chi connectivity index (χ1) is 12.2. The van der Waals surface area contributed by atoms with Crippen molar-refractivity contribution >= 4 is 11.8 Å². The maximum atomic E-state index is 13.0. The molecule has 2 amide bonds. The average molecular weight is 337 g/mol. The molecule has 1 fully saturated rings. The lowest BCUT2D eigenvalue weighted by atomic mass is 9.95. The van der Waals surface area contributed by atoms with Gasteiger partial charge < -0.3 is 9.47 Å². The molecule has 2 aliphatic rings. The Bertz CT molecular complexity index is 846. The number of imide groups is 1. The van der Waals surface area contributed by atoms with Crippen LogP contribution in [0.3, 0.4) is 0 Å². The second-order valence-corrected chi connectivity index (χ2v) is 6.41. The van der Waals surface area contributed by atoms with E-state index >= 15 is 0 Å². The van der Waals surface area contributed by atoms with E-state index in [1.165, 1.54) is 4.90 Å². The van der Waals surface area contributed by atoms with Gasteiger partial charge in [-0.2, -0.15) is 0 Å². The van der Waals surface area contributed by atoms with Crippen LogP contribution in [0.1, 0.15) is 22.6 Å². The molecule has 0 bridgehead atoms. The second-order valence-electron chi connectivity index (χ2n) is 6.41. The summed E-state index contributed by atoms with van der Waals surface area (Å²) in [5.41, 5.74) is 2.76. The fourth-order valence-corrected chi connectivity index (χ4v) is 4.00. The van der Waals surface area contributed by atoms with E-state index in [9.17, 15) is 9.59 Å². The van der Waals surface area contributed by atoms with Gasteiger partial charge >= 0.3 is 0 Å². The van der Waals surface area contributed by atoms with E-state index in [-0.39, 0.29) is 17.7 Å². The van der Waals surface area contributed by atoms with Crippen LogP contribution in [0.15, 0.2) is 42.5 Å². The fourth-order valence-electron chi connectivity index (χ4n) is 4.00. The van der Waals surface area contributed by atoms with Crippen LogP contribution in [-0.4, -0.2) is 30.9 Å². The highest BCUT2D eigenvalue weighted by Crippen LogP contribution is 2.50. The minimum Gasteiger partial charge on any atom is -0.493 e. The Kier molecular flexibility index (Phi) is 3.71. The smallest absolute Gasteiger partial charge is 0.237 e. The summed E-state index contributed by atoms with van der Waals surface area (Å²) >= 11 is 0. The number of carbonyl (C=O) groups excluding carboxylic acids is 2. The average Bonchev–Trinajstić information content (AvgIpc) is 3.13. The van der Waals surface area contributed by atoms with E-state index < -0.39 is 5.92 Å². The van der Waals surface area contributed by atoms with Gasteiger partial charge in [-0.15, -0.1) is 0 Å². The van der Waals surface area contributed by atoms with Crippen LogP contribution in [0.25, 0.3) is 0 Å². The molecule has 5 heteroatoms. The maximum Gasteiger partial charge on any atom is 0.237 e. The summed E-state index contributed by atoms with van der Waals surface area (Å²) in [5.74, 6) is 0.283. The molecule has 0 saturated carbocycles. The Morgan fingerprint density at radius 2 is 1.76 bits per heavy atom. The number of hydrogen-bond donors (Lipinski definition) is 0. The first-order valence-corrected chi connectivity index (χ1v) is 8.28. The Labute approximate surface area is 146 Å². The van der Waals surface area contributed by atoms with Gasteiger partial charge in [-0.05, 0) is 23.6 Å². The third-order valence-corrected chi connectivity index (χ3v) is 5.14. The molecular weight excluding hydrogens is 318 g/mol. The minimum absolute atomic E-state index is 0.101. The van der Waals surface area contributed by atoms with Crippen LogP contribution in [0.5, 0.6) is 11.5 Å². The standard InChI is InChI=1S/C20H19NO4/c1-24-16-9-8-13-14(18(16)25-2)10-15-17(13)20(23)21(19(15)22)11-12-6-4-3-5-7-12/h3-9,15,17H,10-11H2,1-2H3. The van der Waals surface area contributed by atoms with E-state index in [1.807, 2.05) is 36.4 Å². The quantitative estimate of drug-likeness (QED) is 0.805. The summed E-state index contributed by atoms with van der Waals surface area (Å²) in [6.07, 6.45) is 0.510. The summed E-state index contributed by atoms with van der Waals surface area (Å²) in [7, 11) is 3.16. The number of methoxy groups -OCH3 is 2. The van der Waals surface area contributed by atoms with E-state index in [1.54, 1.807) is 20.3 Å². The van der Waals surface area contributed by atoms with Gasteiger partial charge in [0.15, 0.2) is 11.5 Å². The molecule has 1 saturated heterocycles. The van der Waals surface area contributed by atoms with E-state index in [2.05, 4.69) is 0 Å². The number of rotatable bonds is 4. The van der Waals surface area contributed by atoms with Gasteiger partial charge in [-0.1, -0.05) is 36.4 Å². The number of ether oxygens (including phenoxy) is 2. The van der Waals surface area contributed by atoms with Gasteiger partial charge in [0.25, 0.3) is 0 Å². The first kappa shape index (κ1) is 15.7. The topological polar surface area (TPSA) is 55.8 Å². The molecule has 2 aromatic rings. The maximum absolute atomic E-state index is 13.0. The lowest BCUT2D eigenvalue weighted by Crippen LogP contribution is -2.31. The van der Waals surface area contributed by atoms with Gasteiger partial charge in [0.1, 0.15) is 0 Å². The summed E-state index contributed by atoms with van der Waals surface area (Å²) in [6, 6.07) is 13.3. The van der Waals surface area contributed by atoms with Gasteiger partial charge in [-0.25, -0.2) is 0 Å². The Morgan fingerprint density at radius 3 is 2.44 bits per heavy atom. The van der Waals surface area contributed by atoms with Crippen molar-refractivity contribution in [3.8, 4) is 11.5 Å². The monoisotopic (exact) mass is 337 g/mol. The lowest BCUT2D eigenvalue weighted by Gasteiger charge is -2.18. The molecule has 0 N–H and O–H groups in total. The zero-order valence-corrected chi connectivity index (χ0v) is 14.2. The molecule has 1 aliphatic carbocycles. The number of likely N-dealkylation sites (tertiary alicyclic amines) is 1. The summed E-state index contributed by atoms with van der Waals surface area (Å²) < 4.78 is 10.8. The molecule has 4 rings (SSSR count). The highest BCUT2D eigenvalue weighted by molar-refractivity contribution is 6.09. The Balaban J connectivity index is 1.69. The van der Waals surface area contributed by atoms with E-state index in [4.69, 9.17) is 9.47 Å². The molecule has 25 heavy (non-hydrogen) atoms. The van der Waals surface area contributed by atoms with Gasteiger partial charge in [0, 0.05) is 5.56 Å². The van der Waals surface area contributed by atoms with Crippen LogP contribution >= 0.6 is 0 Å². The molecule has 5 nitrogen and oxygen atoms in total. The van der Waals surface area contributed by atoms with Crippen molar-refractivity contribution in [3.05, 3.63) is 59.2 Å². The van der Waals surface area contributed by atoms with Crippen molar-refractivity contribution in [2.45, 2.75) is 18.9 Å². The largest absolute Gasteiger partial charge is 0.493 e. The number of fused-ring (bicyclic) bond motifs is 3. The number of nitrogens with zero attached hydrogens (tertiary/aromatic N) is 1. The van der Waals surface area contributed by atoms with Crippen LogP contribution < -0.4 is 9.47 Å². The minimum atomic E-state index is -0.411. The first-order valence-electron chi connectivity index (χ1n) is 8.28. The molecular formula is C20H19NO4. The molecule has 2 aromatic carbocycles. The Morgan fingerprint density at radius 1 is 1.00 bits per heavy atom. The highest BCUT2D eigenvalue weighted by Gasteiger charge is 2.53. The van der Waals surface area contributed by atoms with Gasteiger partial charge in [0.2, 0.25) is 11.8 Å². The predicted octanol–water partition coefficient (Wildman–Crippen LogP) is 2.53. The molecule has 0 aromatic heterocycles. The summed E-state index contributed by atoms with van der Waals surface area (Å²) in [4.78, 5) is 27.2. The molecule has 0 radical (unpaired) electrons. The van der Waals surface area contributed by atoms with Crippen molar-refractivity contribution < 1.29 is 19.1 Å². The van der Waals surface area contributed by atoms with Crippen LogP contribution in [-0.2, 0) is 22.6 Å². The molecule has 1 heterocycles. The second kappa shape index (κ2) is 5.92. The Hall–Kier alpha value is -2.82. The van der Waals surface area contributed by atoms with Crippen molar-refractivity contribution in [2.24, 2.45) is 5.92 Å². The fraction of sp³-hybridized carbons (Fsp3) is 0.300. The summed E-state index contributed by atoms with van der Waals surface area (Å²) in [6.45, 7) is 0.328. The third-order valence-electron chi connectivity index (χ3n) is 5.14. The molecule has 2 unspecified atom stereocenters. The SMILES string of the molecule is COc1ccc2c(c1OC)CC1C(=O)N(Cc3ccccc3)C(=O)C21. The van der Waals surface area contributed by atoms with Gasteiger partial charge in [0.05, 0.1) is 32.6 Å². The van der Waals surface area contributed by atoms with E-state index in [0.717, 1.165) is 16.7 Å². The van der Waals surface area contributed by atoms with Crippen molar-refractivity contribution in [3.63, 3.8) is 0 Å². The van der Waals surface area contributed by atoms with Gasteiger partial charge in [-0.3, -0.25) is 14.5 Å². The van der Waals surface area contributed by atoms with E-state index in [0.29, 0.717) is 24.5 Å². The molecule has 1 aliphatic heterocycles. The van der Waals surface area contributed by atoms with Crippen LogP contribution in [0, 0.1) is 5.92 Å².